The average molecular weight is 522 g/mol. The van der Waals surface area contributed by atoms with Gasteiger partial charge >= 0.3 is 6.61 Å². The van der Waals surface area contributed by atoms with Crippen molar-refractivity contribution in [2.45, 2.75) is 32.5 Å². The number of thiophene rings is 1. The van der Waals surface area contributed by atoms with Crippen LogP contribution in [0, 0.1) is 0 Å². The van der Waals surface area contributed by atoms with E-state index in [0.29, 0.717) is 18.8 Å². The third-order valence-corrected chi connectivity index (χ3v) is 5.03. The van der Waals surface area contributed by atoms with Crippen LogP contribution in [0.15, 0.2) is 46.1 Å². The van der Waals surface area contributed by atoms with E-state index in [4.69, 9.17) is 0 Å². The van der Waals surface area contributed by atoms with E-state index in [-0.39, 0.29) is 35.8 Å². The van der Waals surface area contributed by atoms with E-state index in [1.54, 1.807) is 23.5 Å². The Hall–Kier alpha value is -1.62. The summed E-state index contributed by atoms with van der Waals surface area (Å²) in [4.78, 5) is 6.70. The Morgan fingerprint density at radius 1 is 1.36 bits per heavy atom. The number of hydrogen-bond acceptors (Lipinski definition) is 4. The number of rotatable bonds is 7. The molecule has 0 amide bonds. The molecule has 0 radical (unpaired) electrons. The maximum atomic E-state index is 12.6. The maximum absolute atomic E-state index is 12.6. The largest absolute Gasteiger partial charge is 0.433 e. The first-order valence-corrected chi connectivity index (χ1v) is 9.94. The molecular weight excluding hydrogens is 497 g/mol. The summed E-state index contributed by atoms with van der Waals surface area (Å²) >= 11 is 1.66. The summed E-state index contributed by atoms with van der Waals surface area (Å²) in [6.07, 6.45) is 0.895. The lowest BCUT2D eigenvalue weighted by Gasteiger charge is -2.22. The standard InChI is InChI=1S/C19H24F2N4OS.HI/c1-2-22-19(23-11-14-8-10-27-13-14)24-15-7-9-25(12-15)16-5-3-4-6-17(16)26-18(20)21;/h3-6,8,10,13,15,18H,2,7,9,11-12H2,1H3,(H2,22,23,24);1H. The van der Waals surface area contributed by atoms with Crippen LogP contribution in [0.3, 0.4) is 0 Å². The zero-order valence-electron chi connectivity index (χ0n) is 15.6. The lowest BCUT2D eigenvalue weighted by atomic mass is 10.2. The summed E-state index contributed by atoms with van der Waals surface area (Å²) in [5.74, 6) is 0.985. The number of hydrogen-bond donors (Lipinski definition) is 2. The summed E-state index contributed by atoms with van der Waals surface area (Å²) in [5.41, 5.74) is 1.88. The smallest absolute Gasteiger partial charge is 0.387 e. The molecule has 2 N–H and O–H groups in total. The molecular formula is C19H25F2IN4OS. The number of nitrogens with zero attached hydrogens (tertiary/aromatic N) is 2. The highest BCUT2D eigenvalue weighted by Gasteiger charge is 2.26. The number of para-hydroxylation sites is 2. The molecule has 2 heterocycles. The molecule has 2 aromatic rings. The number of benzene rings is 1. The number of aliphatic imine (C=N–C) groups is 1. The monoisotopic (exact) mass is 522 g/mol. The van der Waals surface area contributed by atoms with E-state index in [1.807, 2.05) is 24.4 Å². The van der Waals surface area contributed by atoms with Crippen LogP contribution in [-0.2, 0) is 6.54 Å². The Kier molecular flexibility index (Phi) is 9.23. The van der Waals surface area contributed by atoms with E-state index in [0.717, 1.165) is 25.5 Å². The number of ether oxygens (including phenoxy) is 1. The van der Waals surface area contributed by atoms with Crippen molar-refractivity contribution in [3.63, 3.8) is 0 Å². The number of anilines is 1. The van der Waals surface area contributed by atoms with E-state index in [2.05, 4.69) is 36.7 Å². The van der Waals surface area contributed by atoms with E-state index in [9.17, 15) is 8.78 Å². The van der Waals surface area contributed by atoms with Gasteiger partial charge in [-0.05, 0) is 47.9 Å². The molecule has 1 aliphatic rings. The molecule has 28 heavy (non-hydrogen) atoms. The van der Waals surface area contributed by atoms with E-state index < -0.39 is 6.61 Å². The van der Waals surface area contributed by atoms with Gasteiger partial charge < -0.3 is 20.3 Å². The molecule has 1 aliphatic heterocycles. The Balaban J connectivity index is 0.00000280. The number of alkyl halides is 2. The quantitative estimate of drug-likeness (QED) is 0.324. The second-order valence-corrected chi connectivity index (χ2v) is 7.03. The predicted octanol–water partition coefficient (Wildman–Crippen LogP) is 4.30. The predicted molar refractivity (Wildman–Crippen MR) is 121 cm³/mol. The van der Waals surface area contributed by atoms with Gasteiger partial charge in [0.1, 0.15) is 5.75 Å². The SMILES string of the molecule is CCNC(=NCc1ccsc1)NC1CCN(c2ccccc2OC(F)F)C1.I. The van der Waals surface area contributed by atoms with Gasteiger partial charge in [0.2, 0.25) is 0 Å². The molecule has 0 saturated carbocycles. The van der Waals surface area contributed by atoms with Crippen molar-refractivity contribution in [2.75, 3.05) is 24.5 Å². The van der Waals surface area contributed by atoms with Crippen LogP contribution < -0.4 is 20.3 Å². The van der Waals surface area contributed by atoms with Crippen LogP contribution in [0.1, 0.15) is 18.9 Å². The molecule has 3 rings (SSSR count). The van der Waals surface area contributed by atoms with Gasteiger partial charge in [0.15, 0.2) is 5.96 Å². The fourth-order valence-corrected chi connectivity index (χ4v) is 3.74. The second-order valence-electron chi connectivity index (χ2n) is 6.25. The molecule has 154 valence electrons. The highest BCUT2D eigenvalue weighted by molar-refractivity contribution is 14.0. The first-order chi connectivity index (χ1) is 13.2. The summed E-state index contributed by atoms with van der Waals surface area (Å²) in [6, 6.07) is 9.18. The number of nitrogens with one attached hydrogen (secondary N) is 2. The van der Waals surface area contributed by atoms with Crippen LogP contribution >= 0.6 is 35.3 Å². The lowest BCUT2D eigenvalue weighted by molar-refractivity contribution is -0.0495. The van der Waals surface area contributed by atoms with Gasteiger partial charge in [-0.25, -0.2) is 4.99 Å². The maximum Gasteiger partial charge on any atom is 0.387 e. The van der Waals surface area contributed by atoms with Gasteiger partial charge in [-0.3, -0.25) is 0 Å². The molecule has 1 aromatic carbocycles. The van der Waals surface area contributed by atoms with Gasteiger partial charge in [-0.15, -0.1) is 24.0 Å². The zero-order chi connectivity index (χ0) is 19.1. The highest BCUT2D eigenvalue weighted by atomic mass is 127. The Morgan fingerprint density at radius 3 is 2.89 bits per heavy atom. The molecule has 9 heteroatoms. The summed E-state index contributed by atoms with van der Waals surface area (Å²) < 4.78 is 30.0. The normalized spacial score (nSPS) is 16.8. The third kappa shape index (κ3) is 6.47. The van der Waals surface area contributed by atoms with Crippen LogP contribution in [0.2, 0.25) is 0 Å². The number of halogens is 3. The molecule has 0 spiro atoms. The van der Waals surface area contributed by atoms with Crippen LogP contribution in [0.4, 0.5) is 14.5 Å². The molecule has 0 aliphatic carbocycles. The molecule has 1 saturated heterocycles. The molecule has 0 bridgehead atoms. The van der Waals surface area contributed by atoms with E-state index >= 15 is 0 Å². The topological polar surface area (TPSA) is 48.9 Å². The molecule has 1 unspecified atom stereocenters. The first kappa shape index (κ1) is 22.7. The molecule has 1 fully saturated rings. The minimum Gasteiger partial charge on any atom is -0.433 e. The molecule has 1 aromatic heterocycles. The number of guanidine groups is 1. The Bertz CT molecular complexity index is 745. The average Bonchev–Trinajstić information content (AvgIpc) is 3.32. The first-order valence-electron chi connectivity index (χ1n) is 9.00. The van der Waals surface area contributed by atoms with E-state index in [1.165, 1.54) is 5.56 Å². The lowest BCUT2D eigenvalue weighted by Crippen LogP contribution is -2.44. The van der Waals surface area contributed by atoms with Crippen molar-refractivity contribution in [3.05, 3.63) is 46.7 Å². The molecule has 1 atom stereocenters. The van der Waals surface area contributed by atoms with Crippen molar-refractivity contribution in [3.8, 4) is 5.75 Å². The van der Waals surface area contributed by atoms with Crippen molar-refractivity contribution >= 4 is 47.0 Å². The summed E-state index contributed by atoms with van der Waals surface area (Å²) in [5, 5.41) is 10.8. The van der Waals surface area contributed by atoms with Crippen molar-refractivity contribution in [2.24, 2.45) is 4.99 Å². The minimum absolute atomic E-state index is 0. The third-order valence-electron chi connectivity index (χ3n) is 4.30. The Labute approximate surface area is 185 Å². The Morgan fingerprint density at radius 2 is 2.18 bits per heavy atom. The van der Waals surface area contributed by atoms with Crippen molar-refractivity contribution in [1.82, 2.24) is 10.6 Å². The minimum atomic E-state index is -2.83. The van der Waals surface area contributed by atoms with Crippen molar-refractivity contribution in [1.29, 1.82) is 0 Å². The van der Waals surface area contributed by atoms with Crippen LogP contribution in [0.25, 0.3) is 0 Å². The van der Waals surface area contributed by atoms with Gasteiger partial charge in [0.05, 0.1) is 12.2 Å². The fourth-order valence-electron chi connectivity index (χ4n) is 3.08. The van der Waals surface area contributed by atoms with Crippen LogP contribution in [-0.4, -0.2) is 38.2 Å². The summed E-state index contributed by atoms with van der Waals surface area (Å²) in [7, 11) is 0. The molecule has 5 nitrogen and oxygen atoms in total. The van der Waals surface area contributed by atoms with Crippen molar-refractivity contribution < 1.29 is 13.5 Å². The highest BCUT2D eigenvalue weighted by Crippen LogP contribution is 2.31. The zero-order valence-corrected chi connectivity index (χ0v) is 18.8. The fraction of sp³-hybridized carbons (Fsp3) is 0.421. The van der Waals surface area contributed by atoms with Gasteiger partial charge in [0.25, 0.3) is 0 Å². The van der Waals surface area contributed by atoms with Crippen LogP contribution in [0.5, 0.6) is 5.75 Å². The van der Waals surface area contributed by atoms with Gasteiger partial charge in [0, 0.05) is 25.7 Å². The van der Waals surface area contributed by atoms with Gasteiger partial charge in [-0.2, -0.15) is 20.1 Å². The summed E-state index contributed by atoms with van der Waals surface area (Å²) in [6.45, 7) is 2.07. The second kappa shape index (κ2) is 11.4. The van der Waals surface area contributed by atoms with Gasteiger partial charge in [-0.1, -0.05) is 12.1 Å².